The second-order valence-corrected chi connectivity index (χ2v) is 5.51. The van der Waals surface area contributed by atoms with Crippen molar-refractivity contribution in [3.8, 4) is 0 Å². The average Bonchev–Trinajstić information content (AvgIpc) is 2.85. The molecule has 2 heterocycles. The summed E-state index contributed by atoms with van der Waals surface area (Å²) in [6.07, 6.45) is -3.91. The number of hydrazine groups is 1. The number of anilines is 1. The molecule has 0 aliphatic rings. The summed E-state index contributed by atoms with van der Waals surface area (Å²) in [6, 6.07) is 0.846. The molecule has 108 valence electrons. The topological polar surface area (TPSA) is 89.6 Å². The van der Waals surface area contributed by atoms with Crippen molar-refractivity contribution < 1.29 is 13.2 Å². The van der Waals surface area contributed by atoms with Crippen LogP contribution in [0, 0.1) is 0 Å². The highest BCUT2D eigenvalue weighted by Crippen LogP contribution is 2.33. The zero-order valence-electron chi connectivity index (χ0n) is 10.1. The number of aryl methyl sites for hydroxylation is 1. The molecule has 0 atom stereocenters. The first-order valence-electron chi connectivity index (χ1n) is 5.35. The average molecular weight is 322 g/mol. The van der Waals surface area contributed by atoms with Crippen molar-refractivity contribution in [2.75, 3.05) is 5.43 Å². The second kappa shape index (κ2) is 5.89. The molecular formula is C9H9F3N6S2. The van der Waals surface area contributed by atoms with Crippen molar-refractivity contribution >= 4 is 29.2 Å². The largest absolute Gasteiger partial charge is 0.433 e. The van der Waals surface area contributed by atoms with E-state index >= 15 is 0 Å². The molecule has 0 spiro atoms. The molecule has 0 unspecified atom stereocenters. The number of nitrogens with two attached hydrogens (primary N) is 1. The van der Waals surface area contributed by atoms with Gasteiger partial charge in [0.25, 0.3) is 0 Å². The third-order valence-corrected chi connectivity index (χ3v) is 3.79. The van der Waals surface area contributed by atoms with E-state index in [0.29, 0.717) is 16.6 Å². The molecule has 0 saturated carbocycles. The summed E-state index contributed by atoms with van der Waals surface area (Å²) >= 11 is 2.09. The van der Waals surface area contributed by atoms with Gasteiger partial charge in [0.2, 0.25) is 5.95 Å². The van der Waals surface area contributed by atoms with Crippen LogP contribution in [-0.4, -0.2) is 19.3 Å². The van der Waals surface area contributed by atoms with Crippen LogP contribution in [0.15, 0.2) is 15.4 Å². The molecule has 3 N–H and O–H groups in total. The molecule has 0 fully saturated rings. The van der Waals surface area contributed by atoms with Gasteiger partial charge in [0.15, 0.2) is 10.0 Å². The van der Waals surface area contributed by atoms with Gasteiger partial charge in [-0.1, -0.05) is 6.92 Å². The van der Waals surface area contributed by atoms with Crippen molar-refractivity contribution in [3.63, 3.8) is 0 Å². The minimum absolute atomic E-state index is 0.0964. The van der Waals surface area contributed by atoms with Gasteiger partial charge < -0.3 is 0 Å². The predicted molar refractivity (Wildman–Crippen MR) is 68.3 cm³/mol. The maximum absolute atomic E-state index is 12.7. The normalized spacial score (nSPS) is 11.7. The highest BCUT2D eigenvalue weighted by atomic mass is 32.2. The lowest BCUT2D eigenvalue weighted by Gasteiger charge is -2.08. The SMILES string of the molecule is CCc1nsc(Sc2cc(C(F)(F)F)nc(NN)n2)n1. The van der Waals surface area contributed by atoms with Crippen LogP contribution < -0.4 is 11.3 Å². The molecule has 11 heteroatoms. The van der Waals surface area contributed by atoms with E-state index in [1.807, 2.05) is 12.3 Å². The summed E-state index contributed by atoms with van der Waals surface area (Å²) in [5.41, 5.74) is 0.947. The summed E-state index contributed by atoms with van der Waals surface area (Å²) < 4.78 is 42.6. The van der Waals surface area contributed by atoms with Crippen molar-refractivity contribution in [2.24, 2.45) is 5.84 Å². The zero-order valence-corrected chi connectivity index (χ0v) is 11.7. The molecule has 0 aromatic carbocycles. The lowest BCUT2D eigenvalue weighted by molar-refractivity contribution is -0.141. The van der Waals surface area contributed by atoms with Crippen LogP contribution in [0.5, 0.6) is 0 Å². The minimum Gasteiger partial charge on any atom is -0.292 e. The lowest BCUT2D eigenvalue weighted by Crippen LogP contribution is -2.15. The first-order valence-corrected chi connectivity index (χ1v) is 6.94. The van der Waals surface area contributed by atoms with Crippen LogP contribution in [0.4, 0.5) is 19.1 Å². The van der Waals surface area contributed by atoms with E-state index < -0.39 is 11.9 Å². The van der Waals surface area contributed by atoms with E-state index in [1.54, 1.807) is 0 Å². The molecule has 0 amide bonds. The number of aromatic nitrogens is 4. The van der Waals surface area contributed by atoms with Gasteiger partial charge in [-0.05, 0) is 23.3 Å². The van der Waals surface area contributed by atoms with Crippen LogP contribution in [0.25, 0.3) is 0 Å². The Balaban J connectivity index is 2.31. The summed E-state index contributed by atoms with van der Waals surface area (Å²) in [7, 11) is 0. The number of nitrogens with one attached hydrogen (secondary N) is 1. The highest BCUT2D eigenvalue weighted by Gasteiger charge is 2.33. The van der Waals surface area contributed by atoms with Crippen LogP contribution in [-0.2, 0) is 12.6 Å². The molecular weight excluding hydrogens is 313 g/mol. The molecule has 2 aromatic rings. The maximum atomic E-state index is 12.7. The Hall–Kier alpha value is -1.46. The number of nitrogens with zero attached hydrogens (tertiary/aromatic N) is 4. The molecule has 2 aromatic heterocycles. The fourth-order valence-electron chi connectivity index (χ4n) is 1.20. The van der Waals surface area contributed by atoms with Crippen LogP contribution in [0.3, 0.4) is 0 Å². The Bertz CT molecular complexity index is 600. The van der Waals surface area contributed by atoms with E-state index in [1.165, 1.54) is 0 Å². The molecule has 0 aliphatic heterocycles. The third kappa shape index (κ3) is 3.55. The first kappa shape index (κ1) is 14.9. The van der Waals surface area contributed by atoms with Crippen LogP contribution in [0.1, 0.15) is 18.4 Å². The smallest absolute Gasteiger partial charge is 0.292 e. The van der Waals surface area contributed by atoms with Gasteiger partial charge >= 0.3 is 6.18 Å². The summed E-state index contributed by atoms with van der Waals surface area (Å²) in [5.74, 6) is 5.41. The first-order chi connectivity index (χ1) is 9.42. The molecule has 0 radical (unpaired) electrons. The van der Waals surface area contributed by atoms with Gasteiger partial charge in [0.05, 0.1) is 0 Å². The molecule has 6 nitrogen and oxygen atoms in total. The number of halogens is 3. The molecule has 0 saturated heterocycles. The summed E-state index contributed by atoms with van der Waals surface area (Å²) in [6.45, 7) is 1.89. The van der Waals surface area contributed by atoms with Crippen LogP contribution in [0.2, 0.25) is 0 Å². The molecule has 0 aliphatic carbocycles. The van der Waals surface area contributed by atoms with E-state index in [9.17, 15) is 13.2 Å². The van der Waals surface area contributed by atoms with Gasteiger partial charge in [-0.15, -0.1) is 0 Å². The lowest BCUT2D eigenvalue weighted by atomic mass is 10.4. The Kier molecular flexibility index (Phi) is 4.40. The summed E-state index contributed by atoms with van der Waals surface area (Å²) in [4.78, 5) is 11.3. The highest BCUT2D eigenvalue weighted by molar-refractivity contribution is 8.00. The number of alkyl halides is 3. The van der Waals surface area contributed by atoms with Gasteiger partial charge in [0.1, 0.15) is 10.9 Å². The molecule has 20 heavy (non-hydrogen) atoms. The van der Waals surface area contributed by atoms with Gasteiger partial charge in [0, 0.05) is 12.5 Å². The number of hydrogen-bond acceptors (Lipinski definition) is 8. The zero-order chi connectivity index (χ0) is 14.8. The summed E-state index contributed by atoms with van der Waals surface area (Å²) in [5, 5.41) is 0.0964. The van der Waals surface area contributed by atoms with Crippen molar-refractivity contribution in [2.45, 2.75) is 28.9 Å². The number of nitrogen functional groups attached to an aromatic ring is 1. The maximum Gasteiger partial charge on any atom is 0.433 e. The van der Waals surface area contributed by atoms with E-state index in [4.69, 9.17) is 5.84 Å². The van der Waals surface area contributed by atoms with Crippen molar-refractivity contribution in [3.05, 3.63) is 17.6 Å². The van der Waals surface area contributed by atoms with Crippen molar-refractivity contribution in [1.29, 1.82) is 0 Å². The fourth-order valence-corrected chi connectivity index (χ4v) is 2.85. The van der Waals surface area contributed by atoms with E-state index in [0.717, 1.165) is 29.4 Å². The van der Waals surface area contributed by atoms with Crippen molar-refractivity contribution in [1.82, 2.24) is 19.3 Å². The number of rotatable bonds is 4. The Morgan fingerprint density at radius 2 is 2.10 bits per heavy atom. The van der Waals surface area contributed by atoms with Crippen LogP contribution >= 0.6 is 23.3 Å². The minimum atomic E-state index is -4.57. The van der Waals surface area contributed by atoms with Gasteiger partial charge in [-0.25, -0.2) is 20.8 Å². The molecule has 2 rings (SSSR count). The fraction of sp³-hybridized carbons (Fsp3) is 0.333. The Morgan fingerprint density at radius 3 is 2.65 bits per heavy atom. The quantitative estimate of drug-likeness (QED) is 0.507. The number of hydrogen-bond donors (Lipinski definition) is 2. The Morgan fingerprint density at radius 1 is 1.35 bits per heavy atom. The van der Waals surface area contributed by atoms with Gasteiger partial charge in [-0.2, -0.15) is 17.5 Å². The second-order valence-electron chi connectivity index (χ2n) is 3.49. The third-order valence-electron chi connectivity index (χ3n) is 2.08. The molecule has 0 bridgehead atoms. The van der Waals surface area contributed by atoms with E-state index in [-0.39, 0.29) is 11.0 Å². The predicted octanol–water partition coefficient (Wildman–Crippen LogP) is 2.35. The Labute approximate surface area is 120 Å². The van der Waals surface area contributed by atoms with Gasteiger partial charge in [-0.3, -0.25) is 5.43 Å². The monoisotopic (exact) mass is 322 g/mol. The van der Waals surface area contributed by atoms with E-state index in [2.05, 4.69) is 19.3 Å². The standard InChI is InChI=1S/C9H9F3N6S2/c1-2-5-15-8(20-18-5)19-6-3-4(9(10,11)12)14-7(16-6)17-13/h3H,2,13H2,1H3,(H,14,16,17).